The zero-order chi connectivity index (χ0) is 7.33. The van der Waals surface area contributed by atoms with Crippen molar-refractivity contribution in [1.82, 2.24) is 16.0 Å². The van der Waals surface area contributed by atoms with Crippen LogP contribution in [0.3, 0.4) is 0 Å². The van der Waals surface area contributed by atoms with Crippen LogP contribution in [0, 0.1) is 0 Å². The highest BCUT2D eigenvalue weighted by Gasteiger charge is 2.22. The second-order valence-electron chi connectivity index (χ2n) is 1.60. The van der Waals surface area contributed by atoms with Gasteiger partial charge >= 0.3 is 0 Å². The van der Waals surface area contributed by atoms with Crippen LogP contribution in [-0.4, -0.2) is 33.2 Å². The van der Waals surface area contributed by atoms with Crippen LogP contribution in [0.15, 0.2) is 0 Å². The standard InChI is InChI=1S/C5H12N3O/c1-6-5(4-9,7-2)8-3/h6-8H,1-3H3. The van der Waals surface area contributed by atoms with E-state index >= 15 is 0 Å². The molecule has 0 aliphatic rings. The predicted octanol–water partition coefficient (Wildman–Crippen LogP) is -1.59. The van der Waals surface area contributed by atoms with E-state index < -0.39 is 5.79 Å². The average Bonchev–Trinajstić information content (AvgIpc) is 1.95. The molecule has 0 fully saturated rings. The fourth-order valence-electron chi connectivity index (χ4n) is 0.528. The maximum atomic E-state index is 10.2. The first-order chi connectivity index (χ1) is 4.24. The maximum absolute atomic E-state index is 10.2. The molecule has 1 radical (unpaired) electrons. The highest BCUT2D eigenvalue weighted by Crippen LogP contribution is 1.82. The van der Waals surface area contributed by atoms with Crippen LogP contribution in [0.2, 0.25) is 0 Å². The second kappa shape index (κ2) is 3.55. The molecule has 9 heavy (non-hydrogen) atoms. The Labute approximate surface area is 55.0 Å². The van der Waals surface area contributed by atoms with Crippen molar-refractivity contribution >= 4 is 6.29 Å². The zero-order valence-corrected chi connectivity index (χ0v) is 5.91. The van der Waals surface area contributed by atoms with Gasteiger partial charge in [0, 0.05) is 0 Å². The van der Waals surface area contributed by atoms with E-state index in [9.17, 15) is 4.79 Å². The van der Waals surface area contributed by atoms with Crippen molar-refractivity contribution in [3.8, 4) is 0 Å². The number of hydrogen-bond donors (Lipinski definition) is 3. The fraction of sp³-hybridized carbons (Fsp3) is 0.800. The van der Waals surface area contributed by atoms with E-state index in [0.29, 0.717) is 0 Å². The Kier molecular flexibility index (Phi) is 3.37. The Morgan fingerprint density at radius 1 is 1.11 bits per heavy atom. The molecule has 0 aliphatic heterocycles. The van der Waals surface area contributed by atoms with Crippen LogP contribution in [0.4, 0.5) is 0 Å². The summed E-state index contributed by atoms with van der Waals surface area (Å²) in [6.45, 7) is 0. The Hall–Kier alpha value is -0.450. The summed E-state index contributed by atoms with van der Waals surface area (Å²) >= 11 is 0. The Balaban J connectivity index is 3.98. The van der Waals surface area contributed by atoms with E-state index in [2.05, 4.69) is 16.0 Å². The molecule has 0 atom stereocenters. The molecule has 53 valence electrons. The molecule has 0 aromatic rings. The molecule has 4 nitrogen and oxygen atoms in total. The smallest absolute Gasteiger partial charge is 0.253 e. The van der Waals surface area contributed by atoms with Crippen LogP contribution in [0.25, 0.3) is 0 Å². The van der Waals surface area contributed by atoms with Crippen molar-refractivity contribution in [1.29, 1.82) is 0 Å². The Bertz CT molecular complexity index is 81.9. The molecule has 0 rings (SSSR count). The number of hydrogen-bond acceptors (Lipinski definition) is 4. The van der Waals surface area contributed by atoms with E-state index in [4.69, 9.17) is 0 Å². The molecule has 0 spiro atoms. The third-order valence-electron chi connectivity index (χ3n) is 1.28. The first kappa shape index (κ1) is 8.55. The van der Waals surface area contributed by atoms with E-state index in [1.165, 1.54) is 0 Å². The first-order valence-electron chi connectivity index (χ1n) is 2.70. The molecular formula is C5H12N3O. The third-order valence-corrected chi connectivity index (χ3v) is 1.28. The van der Waals surface area contributed by atoms with Crippen molar-refractivity contribution in [3.63, 3.8) is 0 Å². The molecule has 0 bridgehead atoms. The monoisotopic (exact) mass is 130 g/mol. The molecule has 0 unspecified atom stereocenters. The summed E-state index contributed by atoms with van der Waals surface area (Å²) < 4.78 is 0. The lowest BCUT2D eigenvalue weighted by atomic mass is 10.4. The number of likely N-dealkylation sites (N-methyl/N-ethyl adjacent to an activating group) is 3. The van der Waals surface area contributed by atoms with Crippen molar-refractivity contribution < 1.29 is 4.79 Å². The third kappa shape index (κ3) is 1.74. The molecule has 0 saturated carbocycles. The van der Waals surface area contributed by atoms with Gasteiger partial charge in [-0.05, 0) is 21.1 Å². The van der Waals surface area contributed by atoms with Gasteiger partial charge in [0.15, 0.2) is 5.79 Å². The lowest BCUT2D eigenvalue weighted by Gasteiger charge is -2.24. The normalized spacial score (nSPS) is 11.4. The van der Waals surface area contributed by atoms with Crippen LogP contribution in [-0.2, 0) is 4.79 Å². The molecule has 0 heterocycles. The minimum atomic E-state index is -0.889. The Morgan fingerprint density at radius 2 is 1.44 bits per heavy atom. The lowest BCUT2D eigenvalue weighted by Crippen LogP contribution is -2.64. The number of rotatable bonds is 4. The molecule has 0 aromatic carbocycles. The summed E-state index contributed by atoms with van der Waals surface area (Å²) in [5.74, 6) is -0.889. The van der Waals surface area contributed by atoms with Crippen molar-refractivity contribution in [2.45, 2.75) is 5.79 Å². The van der Waals surface area contributed by atoms with Gasteiger partial charge in [-0.2, -0.15) is 0 Å². The molecule has 0 amide bonds. The molecule has 3 N–H and O–H groups in total. The largest absolute Gasteiger partial charge is 0.285 e. The predicted molar refractivity (Wildman–Crippen MR) is 35.6 cm³/mol. The molecule has 4 heteroatoms. The van der Waals surface area contributed by atoms with Crippen LogP contribution in [0.1, 0.15) is 0 Å². The minimum absolute atomic E-state index is 0.889. The summed E-state index contributed by atoms with van der Waals surface area (Å²) in [7, 11) is 4.99. The minimum Gasteiger partial charge on any atom is -0.285 e. The van der Waals surface area contributed by atoms with Crippen molar-refractivity contribution in [2.75, 3.05) is 21.1 Å². The van der Waals surface area contributed by atoms with Crippen LogP contribution < -0.4 is 16.0 Å². The van der Waals surface area contributed by atoms with Gasteiger partial charge in [-0.3, -0.25) is 20.7 Å². The second-order valence-corrected chi connectivity index (χ2v) is 1.60. The highest BCUT2D eigenvalue weighted by atomic mass is 16.1. The zero-order valence-electron chi connectivity index (χ0n) is 5.91. The topological polar surface area (TPSA) is 53.2 Å². The summed E-state index contributed by atoms with van der Waals surface area (Å²) in [5.41, 5.74) is 0. The lowest BCUT2D eigenvalue weighted by molar-refractivity contribution is 0.330. The first-order valence-corrected chi connectivity index (χ1v) is 2.70. The van der Waals surface area contributed by atoms with Crippen LogP contribution in [0.5, 0.6) is 0 Å². The quantitative estimate of drug-likeness (QED) is 0.401. The summed E-state index contributed by atoms with van der Waals surface area (Å²) in [5, 5.41) is 8.16. The highest BCUT2D eigenvalue weighted by molar-refractivity contribution is 5.63. The number of carbonyl (C=O) groups excluding carboxylic acids is 1. The van der Waals surface area contributed by atoms with Gasteiger partial charge in [-0.25, -0.2) is 0 Å². The van der Waals surface area contributed by atoms with Crippen molar-refractivity contribution in [2.24, 2.45) is 0 Å². The molecule has 0 saturated heterocycles. The van der Waals surface area contributed by atoms with Gasteiger partial charge in [0.25, 0.3) is 6.29 Å². The van der Waals surface area contributed by atoms with Gasteiger partial charge in [-0.15, -0.1) is 0 Å². The van der Waals surface area contributed by atoms with Crippen molar-refractivity contribution in [3.05, 3.63) is 0 Å². The summed E-state index contributed by atoms with van der Waals surface area (Å²) in [6.07, 6.45) is 1.78. The van der Waals surface area contributed by atoms with E-state index in [1.54, 1.807) is 27.4 Å². The van der Waals surface area contributed by atoms with E-state index in [1.807, 2.05) is 0 Å². The number of nitrogens with one attached hydrogen (secondary N) is 3. The molecular weight excluding hydrogens is 118 g/mol. The van der Waals surface area contributed by atoms with E-state index in [-0.39, 0.29) is 0 Å². The van der Waals surface area contributed by atoms with Crippen LogP contribution >= 0.6 is 0 Å². The molecule has 0 aliphatic carbocycles. The average molecular weight is 130 g/mol. The van der Waals surface area contributed by atoms with Gasteiger partial charge < -0.3 is 0 Å². The summed E-state index contributed by atoms with van der Waals surface area (Å²) in [6, 6.07) is 0. The van der Waals surface area contributed by atoms with Gasteiger partial charge in [-0.1, -0.05) is 0 Å². The van der Waals surface area contributed by atoms with Gasteiger partial charge in [0.2, 0.25) is 0 Å². The molecule has 0 aromatic heterocycles. The summed E-state index contributed by atoms with van der Waals surface area (Å²) in [4.78, 5) is 10.2. The van der Waals surface area contributed by atoms with Gasteiger partial charge in [0.05, 0.1) is 0 Å². The fourth-order valence-corrected chi connectivity index (χ4v) is 0.528. The van der Waals surface area contributed by atoms with E-state index in [0.717, 1.165) is 0 Å². The van der Waals surface area contributed by atoms with Gasteiger partial charge in [0.1, 0.15) is 0 Å². The maximum Gasteiger partial charge on any atom is 0.253 e. The SMILES string of the molecule is CNC([C]=O)(NC)NC. The Morgan fingerprint density at radius 3 is 1.44 bits per heavy atom.